The topological polar surface area (TPSA) is 75.4 Å². The first-order valence-corrected chi connectivity index (χ1v) is 6.47. The van der Waals surface area contributed by atoms with E-state index in [1.807, 2.05) is 13.8 Å². The van der Waals surface area contributed by atoms with Gasteiger partial charge in [-0.05, 0) is 38.8 Å². The van der Waals surface area contributed by atoms with Gasteiger partial charge in [0.1, 0.15) is 29.6 Å². The van der Waals surface area contributed by atoms with Crippen molar-refractivity contribution in [3.63, 3.8) is 0 Å². The van der Waals surface area contributed by atoms with Crippen LogP contribution in [-0.2, 0) is 0 Å². The molecule has 0 aliphatic rings. The zero-order valence-corrected chi connectivity index (χ0v) is 12.2. The molecule has 0 fully saturated rings. The minimum atomic E-state index is -0.262. The summed E-state index contributed by atoms with van der Waals surface area (Å²) in [4.78, 5) is 16.5. The summed E-state index contributed by atoms with van der Waals surface area (Å²) in [5, 5.41) is 11.4. The second kappa shape index (κ2) is 6.25. The number of nitrogens with one attached hydrogen (secondary N) is 1. The highest BCUT2D eigenvalue weighted by Crippen LogP contribution is 2.21. The molecule has 0 atom stereocenters. The number of rotatable bonds is 2. The second-order valence-electron chi connectivity index (χ2n) is 4.54. The Morgan fingerprint density at radius 3 is 2.71 bits per heavy atom. The van der Waals surface area contributed by atoms with Crippen LogP contribution in [-0.4, -0.2) is 22.6 Å². The van der Waals surface area contributed by atoms with Crippen molar-refractivity contribution in [3.8, 4) is 11.8 Å². The number of amides is 1. The van der Waals surface area contributed by atoms with E-state index in [1.54, 1.807) is 25.1 Å². The van der Waals surface area contributed by atoms with Crippen molar-refractivity contribution < 1.29 is 14.3 Å². The van der Waals surface area contributed by atoms with Crippen LogP contribution in [0.5, 0.6) is 0 Å². The minimum Gasteiger partial charge on any atom is -0.466 e. The molecule has 0 saturated carbocycles. The Balaban J connectivity index is 2.24. The van der Waals surface area contributed by atoms with Crippen LogP contribution in [0.15, 0.2) is 22.6 Å². The molecule has 1 amide bonds. The van der Waals surface area contributed by atoms with Crippen molar-refractivity contribution in [2.24, 2.45) is 0 Å². The molecule has 2 heterocycles. The van der Waals surface area contributed by atoms with Gasteiger partial charge in [-0.3, -0.25) is 4.79 Å². The van der Waals surface area contributed by atoms with E-state index in [2.05, 4.69) is 22.1 Å². The van der Waals surface area contributed by atoms with E-state index in [0.717, 1.165) is 11.3 Å². The van der Waals surface area contributed by atoms with E-state index >= 15 is 0 Å². The van der Waals surface area contributed by atoms with Crippen molar-refractivity contribution in [2.45, 2.75) is 20.8 Å². The molecular formula is C16H16N2O3. The Morgan fingerprint density at radius 1 is 1.33 bits per heavy atom. The van der Waals surface area contributed by atoms with Crippen molar-refractivity contribution >= 4 is 11.7 Å². The summed E-state index contributed by atoms with van der Waals surface area (Å²) in [5.74, 6) is 6.66. The number of aliphatic hydroxyl groups is 1. The SMILES string of the molecule is Cc1oc(C)c(C(=O)Nc2cccc(C#CCO)n2)c1C. The maximum absolute atomic E-state index is 12.3. The molecule has 0 radical (unpaired) electrons. The summed E-state index contributed by atoms with van der Waals surface area (Å²) in [6.07, 6.45) is 0. The summed E-state index contributed by atoms with van der Waals surface area (Å²) >= 11 is 0. The molecule has 0 saturated heterocycles. The Morgan fingerprint density at radius 2 is 2.10 bits per heavy atom. The molecular weight excluding hydrogens is 268 g/mol. The number of nitrogens with zero attached hydrogens (tertiary/aromatic N) is 1. The molecule has 108 valence electrons. The van der Waals surface area contributed by atoms with Crippen molar-refractivity contribution in [1.29, 1.82) is 0 Å². The zero-order valence-electron chi connectivity index (χ0n) is 12.2. The third-order valence-corrected chi connectivity index (χ3v) is 3.07. The lowest BCUT2D eigenvalue weighted by Gasteiger charge is -2.04. The van der Waals surface area contributed by atoms with Gasteiger partial charge in [0.2, 0.25) is 0 Å². The smallest absolute Gasteiger partial charge is 0.260 e. The fraction of sp³-hybridized carbons (Fsp3) is 0.250. The van der Waals surface area contributed by atoms with Crippen LogP contribution in [0.2, 0.25) is 0 Å². The molecule has 5 nitrogen and oxygen atoms in total. The van der Waals surface area contributed by atoms with Crippen LogP contribution < -0.4 is 5.32 Å². The van der Waals surface area contributed by atoms with Crippen LogP contribution in [0.25, 0.3) is 0 Å². The average Bonchev–Trinajstić information content (AvgIpc) is 2.70. The molecule has 21 heavy (non-hydrogen) atoms. The highest BCUT2D eigenvalue weighted by Gasteiger charge is 2.18. The number of anilines is 1. The average molecular weight is 284 g/mol. The molecule has 5 heteroatoms. The molecule has 0 spiro atoms. The van der Waals surface area contributed by atoms with Crippen molar-refractivity contribution in [1.82, 2.24) is 4.98 Å². The molecule has 2 aromatic rings. The van der Waals surface area contributed by atoms with Crippen LogP contribution in [0.3, 0.4) is 0 Å². The lowest BCUT2D eigenvalue weighted by molar-refractivity contribution is 0.102. The van der Waals surface area contributed by atoms with Crippen LogP contribution in [0, 0.1) is 32.6 Å². The number of pyridine rings is 1. The van der Waals surface area contributed by atoms with Gasteiger partial charge >= 0.3 is 0 Å². The first-order chi connectivity index (χ1) is 10.0. The van der Waals surface area contributed by atoms with Gasteiger partial charge in [-0.25, -0.2) is 4.98 Å². The first kappa shape index (κ1) is 14.8. The summed E-state index contributed by atoms with van der Waals surface area (Å²) in [6.45, 7) is 5.19. The minimum absolute atomic E-state index is 0.231. The monoisotopic (exact) mass is 284 g/mol. The zero-order chi connectivity index (χ0) is 15.4. The molecule has 2 aromatic heterocycles. The van der Waals surface area contributed by atoms with Gasteiger partial charge in [-0.1, -0.05) is 12.0 Å². The molecule has 0 aliphatic carbocycles. The lowest BCUT2D eigenvalue weighted by Crippen LogP contribution is -2.14. The van der Waals surface area contributed by atoms with E-state index in [9.17, 15) is 4.79 Å². The maximum atomic E-state index is 12.3. The molecule has 2 N–H and O–H groups in total. The van der Waals surface area contributed by atoms with Crippen LogP contribution in [0.1, 0.15) is 33.1 Å². The summed E-state index contributed by atoms with van der Waals surface area (Å²) < 4.78 is 5.45. The van der Waals surface area contributed by atoms with Gasteiger partial charge in [-0.15, -0.1) is 0 Å². The standard InChI is InChI=1S/C16H16N2O3/c1-10-11(2)21-12(3)15(10)16(20)18-14-8-4-6-13(17-14)7-5-9-19/h4,6,8,19H,9H2,1-3H3,(H,17,18,20). The van der Waals surface area contributed by atoms with E-state index in [-0.39, 0.29) is 12.5 Å². The number of aryl methyl sites for hydroxylation is 2. The fourth-order valence-electron chi connectivity index (χ4n) is 2.01. The number of carbonyl (C=O) groups excluding carboxylic acids is 1. The third-order valence-electron chi connectivity index (χ3n) is 3.07. The van der Waals surface area contributed by atoms with Gasteiger partial charge < -0.3 is 14.8 Å². The summed E-state index contributed by atoms with van der Waals surface area (Å²) in [5.41, 5.74) is 1.83. The predicted molar refractivity (Wildman–Crippen MR) is 79.1 cm³/mol. The van der Waals surface area contributed by atoms with E-state index in [4.69, 9.17) is 9.52 Å². The maximum Gasteiger partial charge on any atom is 0.260 e. The Bertz CT molecular complexity index is 736. The predicted octanol–water partition coefficient (Wildman–Crippen LogP) is 2.20. The molecule has 0 bridgehead atoms. The summed E-state index contributed by atoms with van der Waals surface area (Å²) in [6, 6.07) is 5.13. The molecule has 0 aliphatic heterocycles. The van der Waals surface area contributed by atoms with Gasteiger partial charge in [0.25, 0.3) is 5.91 Å². The van der Waals surface area contributed by atoms with Gasteiger partial charge in [0.15, 0.2) is 0 Å². The number of aromatic nitrogens is 1. The molecule has 2 rings (SSSR count). The number of hydrogen-bond donors (Lipinski definition) is 2. The number of aliphatic hydroxyl groups excluding tert-OH is 1. The largest absolute Gasteiger partial charge is 0.466 e. The fourth-order valence-corrected chi connectivity index (χ4v) is 2.01. The lowest BCUT2D eigenvalue weighted by atomic mass is 10.1. The van der Waals surface area contributed by atoms with Gasteiger partial charge in [-0.2, -0.15) is 0 Å². The normalized spacial score (nSPS) is 9.90. The first-order valence-electron chi connectivity index (χ1n) is 6.47. The number of furan rings is 1. The highest BCUT2D eigenvalue weighted by atomic mass is 16.3. The summed E-state index contributed by atoms with van der Waals surface area (Å²) in [7, 11) is 0. The third kappa shape index (κ3) is 3.30. The van der Waals surface area contributed by atoms with Gasteiger partial charge in [0, 0.05) is 5.56 Å². The van der Waals surface area contributed by atoms with Crippen LogP contribution in [0.4, 0.5) is 5.82 Å². The molecule has 0 aromatic carbocycles. The van der Waals surface area contributed by atoms with Crippen LogP contribution >= 0.6 is 0 Å². The number of carbonyl (C=O) groups is 1. The Hall–Kier alpha value is -2.58. The van der Waals surface area contributed by atoms with Gasteiger partial charge in [0.05, 0.1) is 5.56 Å². The van der Waals surface area contributed by atoms with Crippen molar-refractivity contribution in [2.75, 3.05) is 11.9 Å². The Labute approximate surface area is 123 Å². The Kier molecular flexibility index (Phi) is 4.41. The quantitative estimate of drug-likeness (QED) is 0.829. The van der Waals surface area contributed by atoms with Crippen molar-refractivity contribution in [3.05, 3.63) is 46.5 Å². The van der Waals surface area contributed by atoms with E-state index in [0.29, 0.717) is 22.8 Å². The highest BCUT2D eigenvalue weighted by molar-refractivity contribution is 6.05. The van der Waals surface area contributed by atoms with E-state index in [1.165, 1.54) is 0 Å². The van der Waals surface area contributed by atoms with E-state index < -0.39 is 0 Å². The number of hydrogen-bond acceptors (Lipinski definition) is 4. The second-order valence-corrected chi connectivity index (χ2v) is 4.54. The molecule has 0 unspecified atom stereocenters.